The Morgan fingerprint density at radius 2 is 2.05 bits per heavy atom. The molecule has 0 aliphatic rings. The molecule has 7 heteroatoms. The van der Waals surface area contributed by atoms with Gasteiger partial charge in [-0.2, -0.15) is 5.26 Å². The summed E-state index contributed by atoms with van der Waals surface area (Å²) in [6.07, 6.45) is 0.0303. The van der Waals surface area contributed by atoms with Gasteiger partial charge in [-0.1, -0.05) is 0 Å². The van der Waals surface area contributed by atoms with Crippen molar-refractivity contribution < 1.29 is 22.7 Å². The SMILES string of the molecule is CC(C)(C#N)CCS(=O)(=O)c1cc(C(=O)O)ccc1F. The van der Waals surface area contributed by atoms with Crippen molar-refractivity contribution in [3.05, 3.63) is 29.6 Å². The predicted octanol–water partition coefficient (Wildman–Crippen LogP) is 2.24. The lowest BCUT2D eigenvalue weighted by atomic mass is 9.93. The lowest BCUT2D eigenvalue weighted by Gasteiger charge is -2.15. The summed E-state index contributed by atoms with van der Waals surface area (Å²) in [4.78, 5) is 10.1. The Balaban J connectivity index is 3.13. The molecule has 0 saturated carbocycles. The first kappa shape index (κ1) is 16.1. The first-order valence-electron chi connectivity index (χ1n) is 5.76. The number of carboxylic acids is 1. The van der Waals surface area contributed by atoms with Crippen LogP contribution in [-0.4, -0.2) is 25.2 Å². The Kier molecular flexibility index (Phi) is 4.50. The number of hydrogen-bond donors (Lipinski definition) is 1. The molecule has 0 spiro atoms. The fourth-order valence-electron chi connectivity index (χ4n) is 1.43. The molecular weight excluding hydrogens is 285 g/mol. The van der Waals surface area contributed by atoms with Crippen molar-refractivity contribution in [2.45, 2.75) is 25.2 Å². The Bertz CT molecular complexity index is 674. The normalized spacial score (nSPS) is 11.9. The quantitative estimate of drug-likeness (QED) is 0.899. The molecule has 0 amide bonds. The van der Waals surface area contributed by atoms with Crippen LogP contribution in [0.5, 0.6) is 0 Å². The standard InChI is InChI=1S/C13H14FNO4S/c1-13(2,8-15)5-6-20(18,19)11-7-9(12(16)17)3-4-10(11)14/h3-4,7H,5-6H2,1-2H3,(H,16,17). The average Bonchev–Trinajstić information content (AvgIpc) is 2.37. The fraction of sp³-hybridized carbons (Fsp3) is 0.385. The number of sulfone groups is 1. The van der Waals surface area contributed by atoms with Gasteiger partial charge in [-0.3, -0.25) is 0 Å². The van der Waals surface area contributed by atoms with E-state index >= 15 is 0 Å². The number of hydrogen-bond acceptors (Lipinski definition) is 4. The highest BCUT2D eigenvalue weighted by Crippen LogP contribution is 2.24. The Morgan fingerprint density at radius 1 is 1.45 bits per heavy atom. The van der Waals surface area contributed by atoms with E-state index in [1.54, 1.807) is 13.8 Å². The number of carboxylic acid groups (broad SMARTS) is 1. The summed E-state index contributed by atoms with van der Waals surface area (Å²) in [5.74, 6) is -2.75. The van der Waals surface area contributed by atoms with Crippen LogP contribution in [0.1, 0.15) is 30.6 Å². The van der Waals surface area contributed by atoms with Crippen LogP contribution in [0, 0.1) is 22.6 Å². The maximum Gasteiger partial charge on any atom is 0.335 e. The molecule has 0 unspecified atom stereocenters. The number of nitrogens with zero attached hydrogens (tertiary/aromatic N) is 1. The maximum atomic E-state index is 13.6. The molecule has 108 valence electrons. The molecule has 0 aliphatic carbocycles. The molecule has 0 heterocycles. The van der Waals surface area contributed by atoms with E-state index in [-0.39, 0.29) is 12.0 Å². The average molecular weight is 299 g/mol. The molecular formula is C13H14FNO4S. The molecule has 1 rings (SSSR count). The van der Waals surface area contributed by atoms with E-state index in [9.17, 15) is 17.6 Å². The van der Waals surface area contributed by atoms with Crippen LogP contribution in [0.15, 0.2) is 23.1 Å². The first-order chi connectivity index (χ1) is 9.09. The zero-order valence-corrected chi connectivity index (χ0v) is 11.9. The third kappa shape index (κ3) is 3.78. The predicted molar refractivity (Wildman–Crippen MR) is 69.4 cm³/mol. The molecule has 0 fully saturated rings. The van der Waals surface area contributed by atoms with E-state index in [2.05, 4.69) is 0 Å². The minimum Gasteiger partial charge on any atom is -0.478 e. The van der Waals surface area contributed by atoms with Gasteiger partial charge < -0.3 is 5.11 Å². The molecule has 0 aromatic heterocycles. The number of aromatic carboxylic acids is 1. The van der Waals surface area contributed by atoms with Crippen LogP contribution in [0.2, 0.25) is 0 Å². The van der Waals surface area contributed by atoms with Crippen LogP contribution < -0.4 is 0 Å². The molecule has 0 aliphatic heterocycles. The zero-order valence-electron chi connectivity index (χ0n) is 11.1. The third-order valence-corrected chi connectivity index (χ3v) is 4.54. The number of nitriles is 1. The smallest absolute Gasteiger partial charge is 0.335 e. The van der Waals surface area contributed by atoms with Gasteiger partial charge in [0.25, 0.3) is 0 Å². The first-order valence-corrected chi connectivity index (χ1v) is 7.41. The lowest BCUT2D eigenvalue weighted by Crippen LogP contribution is -2.17. The molecule has 0 bridgehead atoms. The van der Waals surface area contributed by atoms with Crippen LogP contribution in [0.25, 0.3) is 0 Å². The second-order valence-corrected chi connectivity index (χ2v) is 7.09. The van der Waals surface area contributed by atoms with Gasteiger partial charge in [0.05, 0.1) is 22.8 Å². The van der Waals surface area contributed by atoms with E-state index < -0.39 is 37.7 Å². The minimum absolute atomic E-state index is 0.0303. The van der Waals surface area contributed by atoms with E-state index in [1.807, 2.05) is 6.07 Å². The minimum atomic E-state index is -3.98. The molecule has 0 radical (unpaired) electrons. The van der Waals surface area contributed by atoms with Crippen molar-refractivity contribution in [2.75, 3.05) is 5.75 Å². The van der Waals surface area contributed by atoms with Gasteiger partial charge in [-0.05, 0) is 38.5 Å². The summed E-state index contributed by atoms with van der Waals surface area (Å²) < 4.78 is 37.7. The van der Waals surface area contributed by atoms with Gasteiger partial charge in [0, 0.05) is 0 Å². The van der Waals surface area contributed by atoms with Crippen molar-refractivity contribution in [2.24, 2.45) is 5.41 Å². The summed E-state index contributed by atoms with van der Waals surface area (Å²) in [6.45, 7) is 3.15. The molecule has 1 aromatic carbocycles. The second-order valence-electron chi connectivity index (χ2n) is 5.01. The Morgan fingerprint density at radius 3 is 2.55 bits per heavy atom. The van der Waals surface area contributed by atoms with Crippen LogP contribution in [0.4, 0.5) is 4.39 Å². The summed E-state index contributed by atoms with van der Waals surface area (Å²) >= 11 is 0. The van der Waals surface area contributed by atoms with Crippen LogP contribution in [0.3, 0.4) is 0 Å². The number of benzene rings is 1. The summed E-state index contributed by atoms with van der Waals surface area (Å²) in [5.41, 5.74) is -1.15. The zero-order chi connectivity index (χ0) is 15.6. The summed E-state index contributed by atoms with van der Waals surface area (Å²) in [6, 6.07) is 4.56. The van der Waals surface area contributed by atoms with E-state index in [0.29, 0.717) is 0 Å². The monoisotopic (exact) mass is 299 g/mol. The van der Waals surface area contributed by atoms with E-state index in [1.165, 1.54) is 0 Å². The highest BCUT2D eigenvalue weighted by Gasteiger charge is 2.25. The van der Waals surface area contributed by atoms with Crippen LogP contribution >= 0.6 is 0 Å². The van der Waals surface area contributed by atoms with Gasteiger partial charge in [0.15, 0.2) is 9.84 Å². The highest BCUT2D eigenvalue weighted by atomic mass is 32.2. The van der Waals surface area contributed by atoms with Crippen molar-refractivity contribution in [3.8, 4) is 6.07 Å². The molecule has 5 nitrogen and oxygen atoms in total. The topological polar surface area (TPSA) is 95.2 Å². The van der Waals surface area contributed by atoms with Gasteiger partial charge in [0.1, 0.15) is 10.7 Å². The number of carbonyl (C=O) groups is 1. The summed E-state index contributed by atoms with van der Waals surface area (Å²) in [5, 5.41) is 17.6. The van der Waals surface area contributed by atoms with Gasteiger partial charge in [0.2, 0.25) is 0 Å². The molecule has 0 saturated heterocycles. The lowest BCUT2D eigenvalue weighted by molar-refractivity contribution is 0.0696. The molecule has 1 aromatic rings. The fourth-order valence-corrected chi connectivity index (χ4v) is 3.10. The van der Waals surface area contributed by atoms with Crippen LogP contribution in [-0.2, 0) is 9.84 Å². The second kappa shape index (κ2) is 5.59. The molecule has 0 atom stereocenters. The van der Waals surface area contributed by atoms with E-state index in [0.717, 1.165) is 18.2 Å². The van der Waals surface area contributed by atoms with E-state index in [4.69, 9.17) is 10.4 Å². The van der Waals surface area contributed by atoms with Crippen molar-refractivity contribution in [1.29, 1.82) is 5.26 Å². The number of rotatable bonds is 5. The van der Waals surface area contributed by atoms with Gasteiger partial charge >= 0.3 is 5.97 Å². The largest absolute Gasteiger partial charge is 0.478 e. The highest BCUT2D eigenvalue weighted by molar-refractivity contribution is 7.91. The number of halogens is 1. The Labute approximate surface area is 116 Å². The maximum absolute atomic E-state index is 13.6. The van der Waals surface area contributed by atoms with Gasteiger partial charge in [-0.15, -0.1) is 0 Å². The van der Waals surface area contributed by atoms with Crippen molar-refractivity contribution in [3.63, 3.8) is 0 Å². The Hall–Kier alpha value is -1.94. The molecule has 1 N–H and O–H groups in total. The summed E-state index contributed by atoms with van der Waals surface area (Å²) in [7, 11) is -3.98. The van der Waals surface area contributed by atoms with Crippen molar-refractivity contribution in [1.82, 2.24) is 0 Å². The van der Waals surface area contributed by atoms with Crippen molar-refractivity contribution >= 4 is 15.8 Å². The van der Waals surface area contributed by atoms with Gasteiger partial charge in [-0.25, -0.2) is 17.6 Å². The third-order valence-electron chi connectivity index (χ3n) is 2.81. The molecule has 20 heavy (non-hydrogen) atoms.